The lowest BCUT2D eigenvalue weighted by atomic mass is 10.1. The van der Waals surface area contributed by atoms with Gasteiger partial charge in [0.2, 0.25) is 0 Å². The van der Waals surface area contributed by atoms with Crippen LogP contribution in [0.1, 0.15) is 16.7 Å². The summed E-state index contributed by atoms with van der Waals surface area (Å²) in [5.41, 5.74) is -4.85. The molecule has 0 aromatic heterocycles. The second-order valence-electron chi connectivity index (χ2n) is 6.09. The van der Waals surface area contributed by atoms with Crippen LogP contribution in [-0.4, -0.2) is 12.7 Å². The third kappa shape index (κ3) is 5.77. The van der Waals surface area contributed by atoms with Crippen molar-refractivity contribution in [2.24, 2.45) is 0 Å². The fourth-order valence-corrected chi connectivity index (χ4v) is 2.61. The molecule has 0 spiro atoms. The predicted octanol–water partition coefficient (Wildman–Crippen LogP) is 6.98. The van der Waals surface area contributed by atoms with Gasteiger partial charge in [-0.3, -0.25) is 0 Å². The number of rotatable bonds is 4. The molecule has 0 fully saturated rings. The first-order chi connectivity index (χ1) is 13.6. The lowest BCUT2D eigenvalue weighted by Crippen LogP contribution is -2.34. The Bertz CT molecular complexity index is 951. The summed E-state index contributed by atoms with van der Waals surface area (Å²) in [7, 11) is 0. The predicted molar refractivity (Wildman–Crippen MR) is 86.2 cm³/mol. The molecule has 0 atom stereocenters. The van der Waals surface area contributed by atoms with Crippen molar-refractivity contribution in [3.05, 3.63) is 70.3 Å². The van der Waals surface area contributed by atoms with Gasteiger partial charge in [-0.1, -0.05) is 12.1 Å². The maximum Gasteiger partial charge on any atom is 0.419 e. The molecule has 2 aromatic carbocycles. The molecular formula is C18H10F10N2. The first-order valence-corrected chi connectivity index (χ1v) is 7.88. The van der Waals surface area contributed by atoms with Crippen LogP contribution in [-0.2, 0) is 18.9 Å². The number of hydrogen-bond donors (Lipinski definition) is 0. The van der Waals surface area contributed by atoms with Crippen molar-refractivity contribution in [3.8, 4) is 0 Å². The molecule has 0 saturated heterocycles. The molecule has 0 aliphatic carbocycles. The summed E-state index contributed by atoms with van der Waals surface area (Å²) in [5, 5.41) is 0. The van der Waals surface area contributed by atoms with E-state index in [4.69, 9.17) is 6.57 Å². The van der Waals surface area contributed by atoms with E-state index in [0.717, 1.165) is 12.1 Å². The van der Waals surface area contributed by atoms with Crippen LogP contribution < -0.4 is 4.90 Å². The van der Waals surface area contributed by atoms with Crippen molar-refractivity contribution in [2.45, 2.75) is 25.1 Å². The number of halogens is 10. The minimum atomic E-state index is -5.03. The molecule has 2 nitrogen and oxygen atoms in total. The van der Waals surface area contributed by atoms with Crippen LogP contribution in [0.15, 0.2) is 36.4 Å². The smallest absolute Gasteiger partial charge is 0.358 e. The van der Waals surface area contributed by atoms with E-state index in [-0.39, 0.29) is 5.56 Å². The lowest BCUT2D eigenvalue weighted by Gasteiger charge is -2.27. The van der Waals surface area contributed by atoms with Gasteiger partial charge < -0.3 is 4.90 Å². The Balaban J connectivity index is 2.48. The molecule has 0 radical (unpaired) electrons. The minimum Gasteiger partial charge on any atom is -0.358 e. The number of nitrogens with zero attached hydrogens (tertiary/aromatic N) is 2. The van der Waals surface area contributed by atoms with Crippen molar-refractivity contribution in [1.29, 1.82) is 0 Å². The molecule has 0 saturated carbocycles. The maximum atomic E-state index is 13.7. The minimum absolute atomic E-state index is 0.326. The van der Waals surface area contributed by atoms with Crippen molar-refractivity contribution in [1.82, 2.24) is 0 Å². The second kappa shape index (κ2) is 8.04. The Kier molecular flexibility index (Phi) is 6.25. The Labute approximate surface area is 163 Å². The largest absolute Gasteiger partial charge is 0.419 e. The van der Waals surface area contributed by atoms with Gasteiger partial charge >= 0.3 is 18.5 Å². The van der Waals surface area contributed by atoms with Crippen LogP contribution >= 0.6 is 0 Å². The van der Waals surface area contributed by atoms with Crippen molar-refractivity contribution < 1.29 is 43.9 Å². The molecule has 0 heterocycles. The van der Waals surface area contributed by atoms with E-state index in [0.29, 0.717) is 29.2 Å². The van der Waals surface area contributed by atoms with Gasteiger partial charge in [-0.25, -0.2) is 9.24 Å². The van der Waals surface area contributed by atoms with Crippen LogP contribution in [0.4, 0.5) is 55.3 Å². The van der Waals surface area contributed by atoms with Gasteiger partial charge in [0.15, 0.2) is 5.69 Å². The first-order valence-electron chi connectivity index (χ1n) is 7.88. The highest BCUT2D eigenvalue weighted by Crippen LogP contribution is 2.39. The zero-order valence-corrected chi connectivity index (χ0v) is 14.6. The standard InChI is InChI=1S/C18H10F10N2/c1-29-15-5-3-11(7-13(15)18(26,27)28)30(9-16(20,21)22)8-10-2-4-12(14(19)6-10)17(23,24)25/h2-7H,8-9H2. The first kappa shape index (κ1) is 23.3. The number of alkyl halides is 9. The Morgan fingerprint density at radius 2 is 1.40 bits per heavy atom. The fourth-order valence-electron chi connectivity index (χ4n) is 2.61. The van der Waals surface area contributed by atoms with Crippen LogP contribution in [0.2, 0.25) is 0 Å². The topological polar surface area (TPSA) is 7.60 Å². The van der Waals surface area contributed by atoms with E-state index in [1.54, 1.807) is 0 Å². The Morgan fingerprint density at radius 1 is 0.800 bits per heavy atom. The Morgan fingerprint density at radius 3 is 1.87 bits per heavy atom. The monoisotopic (exact) mass is 444 g/mol. The van der Waals surface area contributed by atoms with E-state index in [1.165, 1.54) is 0 Å². The van der Waals surface area contributed by atoms with E-state index in [1.807, 2.05) is 0 Å². The molecule has 0 aliphatic rings. The fraction of sp³-hybridized carbons (Fsp3) is 0.278. The van der Waals surface area contributed by atoms with Gasteiger partial charge in [-0.2, -0.15) is 39.5 Å². The highest BCUT2D eigenvalue weighted by atomic mass is 19.4. The van der Waals surface area contributed by atoms with Crippen LogP contribution in [0.3, 0.4) is 0 Å². The second-order valence-corrected chi connectivity index (χ2v) is 6.09. The van der Waals surface area contributed by atoms with Gasteiger partial charge in [0.1, 0.15) is 12.4 Å². The average molecular weight is 444 g/mol. The van der Waals surface area contributed by atoms with Crippen molar-refractivity contribution in [3.63, 3.8) is 0 Å². The molecule has 0 bridgehead atoms. The highest BCUT2D eigenvalue weighted by molar-refractivity contribution is 5.62. The molecule has 2 rings (SSSR count). The normalized spacial score (nSPS) is 12.6. The number of benzene rings is 2. The van der Waals surface area contributed by atoms with Crippen molar-refractivity contribution in [2.75, 3.05) is 11.4 Å². The van der Waals surface area contributed by atoms with Crippen LogP contribution in [0, 0.1) is 12.4 Å². The molecule has 30 heavy (non-hydrogen) atoms. The summed E-state index contributed by atoms with van der Waals surface area (Å²) >= 11 is 0. The molecule has 162 valence electrons. The van der Waals surface area contributed by atoms with Crippen LogP contribution in [0.25, 0.3) is 4.85 Å². The van der Waals surface area contributed by atoms with Gasteiger partial charge in [-0.05, 0) is 29.8 Å². The number of anilines is 1. The van der Waals surface area contributed by atoms with E-state index in [2.05, 4.69) is 4.85 Å². The average Bonchev–Trinajstić information content (AvgIpc) is 2.57. The summed E-state index contributed by atoms with van der Waals surface area (Å²) in [6.07, 6.45) is -14.9. The van der Waals surface area contributed by atoms with Gasteiger partial charge in [-0.15, -0.1) is 0 Å². The molecule has 2 aromatic rings. The van der Waals surface area contributed by atoms with Crippen molar-refractivity contribution >= 4 is 11.4 Å². The maximum absolute atomic E-state index is 13.7. The Hall–Kier alpha value is -2.97. The number of hydrogen-bond acceptors (Lipinski definition) is 1. The summed E-state index contributed by atoms with van der Waals surface area (Å²) in [6.45, 7) is 4.17. The third-order valence-electron chi connectivity index (χ3n) is 3.85. The summed E-state index contributed by atoms with van der Waals surface area (Å²) in [6, 6.07) is 3.29. The van der Waals surface area contributed by atoms with Gasteiger partial charge in [0.25, 0.3) is 0 Å². The zero-order valence-electron chi connectivity index (χ0n) is 14.6. The van der Waals surface area contributed by atoms with E-state index in [9.17, 15) is 43.9 Å². The molecule has 0 amide bonds. The SMILES string of the molecule is [C-]#[N+]c1ccc(N(Cc2ccc(C(F)(F)F)c(F)c2)CC(F)(F)F)cc1C(F)(F)F. The molecular weight excluding hydrogens is 434 g/mol. The van der Waals surface area contributed by atoms with Crippen LogP contribution in [0.5, 0.6) is 0 Å². The lowest BCUT2D eigenvalue weighted by molar-refractivity contribution is -0.140. The summed E-state index contributed by atoms with van der Waals surface area (Å²) in [4.78, 5) is 3.07. The third-order valence-corrected chi connectivity index (χ3v) is 3.85. The molecule has 12 heteroatoms. The molecule has 0 aliphatic heterocycles. The van der Waals surface area contributed by atoms with E-state index >= 15 is 0 Å². The van der Waals surface area contributed by atoms with E-state index < -0.39 is 59.9 Å². The summed E-state index contributed by atoms with van der Waals surface area (Å²) < 4.78 is 130. The molecule has 0 N–H and O–H groups in total. The summed E-state index contributed by atoms with van der Waals surface area (Å²) in [5.74, 6) is -1.73. The quantitative estimate of drug-likeness (QED) is 0.365. The molecule has 0 unspecified atom stereocenters. The zero-order chi connectivity index (χ0) is 22.9. The highest BCUT2D eigenvalue weighted by Gasteiger charge is 2.37. The van der Waals surface area contributed by atoms with Gasteiger partial charge in [0.05, 0.1) is 17.7 Å². The van der Waals surface area contributed by atoms with Gasteiger partial charge in [0, 0.05) is 12.2 Å².